The zero-order chi connectivity index (χ0) is 11.4. The average Bonchev–Trinajstić information content (AvgIpc) is 2.39. The Balaban J connectivity index is 2.35. The quantitative estimate of drug-likeness (QED) is 0.842. The van der Waals surface area contributed by atoms with Gasteiger partial charge in [0.15, 0.2) is 11.5 Å². The number of nitrogens with one attached hydrogen (secondary N) is 1. The van der Waals surface area contributed by atoms with Gasteiger partial charge < -0.3 is 14.8 Å². The lowest BCUT2D eigenvalue weighted by atomic mass is 10.1. The Labute approximate surface area is 95.4 Å². The minimum atomic E-state index is 0.747. The monoisotopic (exact) mass is 217 g/mol. The Morgan fingerprint density at radius 1 is 1.12 bits per heavy atom. The Morgan fingerprint density at radius 3 is 2.56 bits per heavy atom. The molecule has 1 aromatic carbocycles. The van der Waals surface area contributed by atoms with Gasteiger partial charge in [0.1, 0.15) is 0 Å². The van der Waals surface area contributed by atoms with Gasteiger partial charge in [-0.05, 0) is 24.3 Å². The van der Waals surface area contributed by atoms with Crippen molar-refractivity contribution in [3.05, 3.63) is 42.0 Å². The zero-order valence-electron chi connectivity index (χ0n) is 9.49. The molecule has 0 unspecified atom stereocenters. The third-order valence-corrected chi connectivity index (χ3v) is 2.50. The summed E-state index contributed by atoms with van der Waals surface area (Å²) >= 11 is 0. The van der Waals surface area contributed by atoms with Crippen molar-refractivity contribution >= 4 is 5.70 Å². The summed E-state index contributed by atoms with van der Waals surface area (Å²) in [6.07, 6.45) is 6.16. The van der Waals surface area contributed by atoms with Crippen LogP contribution < -0.4 is 14.8 Å². The van der Waals surface area contributed by atoms with E-state index in [9.17, 15) is 0 Å². The summed E-state index contributed by atoms with van der Waals surface area (Å²) in [6, 6.07) is 5.89. The van der Waals surface area contributed by atoms with Gasteiger partial charge in [0, 0.05) is 17.8 Å². The van der Waals surface area contributed by atoms with E-state index < -0.39 is 0 Å². The van der Waals surface area contributed by atoms with Crippen LogP contribution in [0.1, 0.15) is 5.56 Å². The maximum atomic E-state index is 5.27. The first-order valence-corrected chi connectivity index (χ1v) is 5.18. The highest BCUT2D eigenvalue weighted by Gasteiger charge is 2.07. The molecule has 0 spiro atoms. The normalized spacial score (nSPS) is 14.0. The summed E-state index contributed by atoms with van der Waals surface area (Å²) < 4.78 is 10.5. The van der Waals surface area contributed by atoms with Crippen LogP contribution in [0.4, 0.5) is 0 Å². The maximum Gasteiger partial charge on any atom is 0.161 e. The number of rotatable bonds is 3. The average molecular weight is 217 g/mol. The van der Waals surface area contributed by atoms with Gasteiger partial charge in [-0.1, -0.05) is 12.2 Å². The van der Waals surface area contributed by atoms with Gasteiger partial charge in [-0.15, -0.1) is 0 Å². The van der Waals surface area contributed by atoms with E-state index in [0.29, 0.717) is 0 Å². The highest BCUT2D eigenvalue weighted by atomic mass is 16.5. The lowest BCUT2D eigenvalue weighted by molar-refractivity contribution is 0.355. The van der Waals surface area contributed by atoms with Crippen LogP contribution in [0.15, 0.2) is 36.4 Å². The Bertz CT molecular complexity index is 436. The van der Waals surface area contributed by atoms with E-state index in [1.54, 1.807) is 14.2 Å². The van der Waals surface area contributed by atoms with Crippen molar-refractivity contribution in [1.82, 2.24) is 5.32 Å². The molecular weight excluding hydrogens is 202 g/mol. The molecule has 1 aliphatic heterocycles. The van der Waals surface area contributed by atoms with Crippen molar-refractivity contribution in [2.45, 2.75) is 0 Å². The topological polar surface area (TPSA) is 30.5 Å². The lowest BCUT2D eigenvalue weighted by Gasteiger charge is -2.14. The van der Waals surface area contributed by atoms with Crippen LogP contribution in [-0.4, -0.2) is 20.8 Å². The summed E-state index contributed by atoms with van der Waals surface area (Å²) in [6.45, 7) is 0.861. The van der Waals surface area contributed by atoms with Crippen LogP contribution in [0.25, 0.3) is 5.70 Å². The second-order valence-corrected chi connectivity index (χ2v) is 3.46. The van der Waals surface area contributed by atoms with E-state index >= 15 is 0 Å². The predicted octanol–water partition coefficient (Wildman–Crippen LogP) is 2.20. The first kappa shape index (κ1) is 10.6. The van der Waals surface area contributed by atoms with Gasteiger partial charge in [0.25, 0.3) is 0 Å². The molecule has 3 nitrogen and oxygen atoms in total. The molecule has 0 atom stereocenters. The second kappa shape index (κ2) is 4.75. The number of hydrogen-bond donors (Lipinski definition) is 1. The van der Waals surface area contributed by atoms with Crippen LogP contribution >= 0.6 is 0 Å². The van der Waals surface area contributed by atoms with Crippen molar-refractivity contribution in [2.75, 3.05) is 20.8 Å². The second-order valence-electron chi connectivity index (χ2n) is 3.46. The van der Waals surface area contributed by atoms with E-state index in [1.807, 2.05) is 30.4 Å². The molecule has 3 heteroatoms. The van der Waals surface area contributed by atoms with Gasteiger partial charge in [0.05, 0.1) is 14.2 Å². The highest BCUT2D eigenvalue weighted by Crippen LogP contribution is 2.29. The number of hydrogen-bond acceptors (Lipinski definition) is 3. The molecule has 16 heavy (non-hydrogen) atoms. The number of ether oxygens (including phenoxy) is 2. The molecule has 0 bridgehead atoms. The van der Waals surface area contributed by atoms with E-state index in [-0.39, 0.29) is 0 Å². The number of allylic oxidation sites excluding steroid dienone is 2. The summed E-state index contributed by atoms with van der Waals surface area (Å²) in [5.41, 5.74) is 2.20. The molecule has 0 fully saturated rings. The molecule has 0 aliphatic carbocycles. The molecule has 0 saturated carbocycles. The zero-order valence-corrected chi connectivity index (χ0v) is 9.49. The summed E-state index contributed by atoms with van der Waals surface area (Å²) in [4.78, 5) is 0. The Morgan fingerprint density at radius 2 is 1.94 bits per heavy atom. The van der Waals surface area contributed by atoms with E-state index in [4.69, 9.17) is 9.47 Å². The van der Waals surface area contributed by atoms with Gasteiger partial charge >= 0.3 is 0 Å². The first-order valence-electron chi connectivity index (χ1n) is 5.18. The largest absolute Gasteiger partial charge is 0.493 e. The molecule has 0 aromatic heterocycles. The van der Waals surface area contributed by atoms with Crippen LogP contribution in [0.5, 0.6) is 11.5 Å². The fourth-order valence-electron chi connectivity index (χ4n) is 1.66. The van der Waals surface area contributed by atoms with Crippen molar-refractivity contribution in [2.24, 2.45) is 0 Å². The van der Waals surface area contributed by atoms with Crippen molar-refractivity contribution in [3.63, 3.8) is 0 Å². The standard InChI is InChI=1S/C13H15NO2/c1-15-12-7-6-10(9-13(12)16-2)11-5-3-4-8-14-11/h3-7,9,14H,8H2,1-2H3. The van der Waals surface area contributed by atoms with Crippen molar-refractivity contribution < 1.29 is 9.47 Å². The summed E-state index contributed by atoms with van der Waals surface area (Å²) in [5.74, 6) is 1.50. The number of dihydropyridines is 1. The smallest absolute Gasteiger partial charge is 0.161 e. The molecule has 1 aliphatic rings. The van der Waals surface area contributed by atoms with Crippen LogP contribution in [-0.2, 0) is 0 Å². The van der Waals surface area contributed by atoms with Gasteiger partial charge in [-0.3, -0.25) is 0 Å². The fourth-order valence-corrected chi connectivity index (χ4v) is 1.66. The highest BCUT2D eigenvalue weighted by molar-refractivity contribution is 5.69. The van der Waals surface area contributed by atoms with Crippen LogP contribution in [0.2, 0.25) is 0 Å². The molecule has 1 heterocycles. The minimum absolute atomic E-state index is 0.747. The van der Waals surface area contributed by atoms with Gasteiger partial charge in [-0.2, -0.15) is 0 Å². The molecule has 2 rings (SSSR count). The first-order chi connectivity index (χ1) is 7.85. The molecule has 84 valence electrons. The third-order valence-electron chi connectivity index (χ3n) is 2.50. The molecule has 1 aromatic rings. The third kappa shape index (κ3) is 2.03. The molecule has 0 saturated heterocycles. The van der Waals surface area contributed by atoms with Gasteiger partial charge in [-0.25, -0.2) is 0 Å². The molecular formula is C13H15NO2. The minimum Gasteiger partial charge on any atom is -0.493 e. The van der Waals surface area contributed by atoms with E-state index in [2.05, 4.69) is 11.4 Å². The number of methoxy groups -OCH3 is 2. The number of benzene rings is 1. The SMILES string of the molecule is COc1ccc(C2=CC=CCN2)cc1OC. The van der Waals surface area contributed by atoms with Crippen molar-refractivity contribution in [1.29, 1.82) is 0 Å². The molecule has 1 N–H and O–H groups in total. The van der Waals surface area contributed by atoms with E-state index in [0.717, 1.165) is 29.3 Å². The Hall–Kier alpha value is -1.90. The van der Waals surface area contributed by atoms with E-state index in [1.165, 1.54) is 0 Å². The maximum absolute atomic E-state index is 5.27. The van der Waals surface area contributed by atoms with Crippen molar-refractivity contribution in [3.8, 4) is 11.5 Å². The summed E-state index contributed by atoms with van der Waals surface area (Å²) in [5, 5.41) is 3.30. The Kier molecular flexibility index (Phi) is 3.15. The molecule has 0 radical (unpaired) electrons. The van der Waals surface area contributed by atoms with Gasteiger partial charge in [0.2, 0.25) is 0 Å². The van der Waals surface area contributed by atoms with Crippen LogP contribution in [0.3, 0.4) is 0 Å². The fraction of sp³-hybridized carbons (Fsp3) is 0.231. The molecule has 0 amide bonds. The predicted molar refractivity (Wildman–Crippen MR) is 64.7 cm³/mol. The van der Waals surface area contributed by atoms with Crippen LogP contribution in [0, 0.1) is 0 Å². The lowest BCUT2D eigenvalue weighted by Crippen LogP contribution is -2.14. The summed E-state index contributed by atoms with van der Waals surface area (Å²) in [7, 11) is 3.28.